The molecule has 2 N–H and O–H groups in total. The summed E-state index contributed by atoms with van der Waals surface area (Å²) in [5, 5.41) is 5.30. The molecule has 2 fully saturated rings. The molecule has 0 aromatic rings. The van der Waals surface area contributed by atoms with Crippen LogP contribution < -0.4 is 10.6 Å². The molecule has 0 bridgehead atoms. The fourth-order valence-corrected chi connectivity index (χ4v) is 4.45. The Bertz CT molecular complexity index is 470. The van der Waals surface area contributed by atoms with Crippen molar-refractivity contribution in [3.05, 3.63) is 0 Å². The Morgan fingerprint density at radius 2 is 2.11 bits per heavy atom. The number of rotatable bonds is 3. The molecule has 0 radical (unpaired) electrons. The van der Waals surface area contributed by atoms with Crippen LogP contribution in [0.4, 0.5) is 0 Å². The average Bonchev–Trinajstić information content (AvgIpc) is 2.34. The standard InChI is InChI=1S/C11H19N3O4S/c1-8-11(16)13-10(15)6-14(8)19(17,18)7-9-3-2-4-12-5-9/h8-9,12H,2-7H2,1H3,(H,13,15,16). The van der Waals surface area contributed by atoms with Crippen molar-refractivity contribution >= 4 is 21.8 Å². The molecule has 2 unspecified atom stereocenters. The quantitative estimate of drug-likeness (QED) is 0.627. The first-order chi connectivity index (χ1) is 8.90. The van der Waals surface area contributed by atoms with E-state index in [0.29, 0.717) is 6.54 Å². The highest BCUT2D eigenvalue weighted by Crippen LogP contribution is 2.18. The molecule has 2 amide bonds. The number of piperidine rings is 1. The number of carbonyl (C=O) groups excluding carboxylic acids is 2. The third kappa shape index (κ3) is 3.31. The lowest BCUT2D eigenvalue weighted by Gasteiger charge is -2.32. The van der Waals surface area contributed by atoms with Crippen LogP contribution in [0.3, 0.4) is 0 Å². The molecule has 2 aliphatic rings. The van der Waals surface area contributed by atoms with E-state index in [-0.39, 0.29) is 18.2 Å². The van der Waals surface area contributed by atoms with E-state index in [2.05, 4.69) is 10.6 Å². The maximum Gasteiger partial charge on any atom is 0.244 e. The fourth-order valence-electron chi connectivity index (χ4n) is 2.49. The first-order valence-corrected chi connectivity index (χ1v) is 8.05. The van der Waals surface area contributed by atoms with Gasteiger partial charge in [0, 0.05) is 0 Å². The number of amides is 2. The van der Waals surface area contributed by atoms with Gasteiger partial charge in [0.05, 0.1) is 12.3 Å². The van der Waals surface area contributed by atoms with E-state index in [1.54, 1.807) is 0 Å². The number of imide groups is 1. The second-order valence-electron chi connectivity index (χ2n) is 5.12. The molecule has 8 heteroatoms. The summed E-state index contributed by atoms with van der Waals surface area (Å²) in [6.07, 6.45) is 1.81. The number of nitrogens with one attached hydrogen (secondary N) is 2. The zero-order valence-corrected chi connectivity index (χ0v) is 11.7. The Morgan fingerprint density at radius 1 is 1.37 bits per heavy atom. The summed E-state index contributed by atoms with van der Waals surface area (Å²) in [4.78, 5) is 22.8. The van der Waals surface area contributed by atoms with Gasteiger partial charge in [0.15, 0.2) is 0 Å². The zero-order chi connectivity index (χ0) is 14.0. The highest BCUT2D eigenvalue weighted by atomic mass is 32.2. The Hall–Kier alpha value is -0.990. The summed E-state index contributed by atoms with van der Waals surface area (Å²) in [6, 6.07) is -0.820. The second-order valence-corrected chi connectivity index (χ2v) is 7.09. The number of hydrogen-bond donors (Lipinski definition) is 2. The van der Waals surface area contributed by atoms with Gasteiger partial charge >= 0.3 is 0 Å². The number of sulfonamides is 1. The van der Waals surface area contributed by atoms with Crippen LogP contribution in [0.15, 0.2) is 0 Å². The molecule has 7 nitrogen and oxygen atoms in total. The minimum absolute atomic E-state index is 0.00903. The van der Waals surface area contributed by atoms with E-state index in [1.165, 1.54) is 6.92 Å². The Morgan fingerprint density at radius 3 is 2.74 bits per heavy atom. The molecule has 0 aromatic carbocycles. The molecule has 0 saturated carbocycles. The van der Waals surface area contributed by atoms with E-state index in [0.717, 1.165) is 23.7 Å². The van der Waals surface area contributed by atoms with Crippen molar-refractivity contribution in [2.24, 2.45) is 5.92 Å². The molecule has 2 aliphatic heterocycles. The largest absolute Gasteiger partial charge is 0.316 e. The molecule has 19 heavy (non-hydrogen) atoms. The molecule has 108 valence electrons. The van der Waals surface area contributed by atoms with Crippen molar-refractivity contribution < 1.29 is 18.0 Å². The highest BCUT2D eigenvalue weighted by molar-refractivity contribution is 7.89. The molecule has 2 saturated heterocycles. The van der Waals surface area contributed by atoms with E-state index in [9.17, 15) is 18.0 Å². The van der Waals surface area contributed by atoms with Gasteiger partial charge in [0.1, 0.15) is 6.04 Å². The SMILES string of the molecule is CC1C(=O)NC(=O)CN1S(=O)(=O)CC1CCCNC1. The highest BCUT2D eigenvalue weighted by Gasteiger charge is 2.39. The third-order valence-corrected chi connectivity index (χ3v) is 5.63. The minimum Gasteiger partial charge on any atom is -0.316 e. The summed E-state index contributed by atoms with van der Waals surface area (Å²) in [6.45, 7) is 2.81. The molecule has 0 aliphatic carbocycles. The normalized spacial score (nSPS) is 30.2. The smallest absolute Gasteiger partial charge is 0.244 e. The zero-order valence-electron chi connectivity index (χ0n) is 10.9. The molecule has 0 aromatic heterocycles. The van der Waals surface area contributed by atoms with Gasteiger partial charge in [-0.25, -0.2) is 8.42 Å². The lowest BCUT2D eigenvalue weighted by molar-refractivity contribution is -0.136. The van der Waals surface area contributed by atoms with Crippen molar-refractivity contribution in [2.45, 2.75) is 25.8 Å². The number of piperazine rings is 1. The van der Waals surface area contributed by atoms with Crippen LogP contribution in [0, 0.1) is 5.92 Å². The molecular formula is C11H19N3O4S. The van der Waals surface area contributed by atoms with E-state index >= 15 is 0 Å². The van der Waals surface area contributed by atoms with Crippen LogP contribution in [-0.4, -0.2) is 56.0 Å². The van der Waals surface area contributed by atoms with Crippen molar-refractivity contribution in [3.63, 3.8) is 0 Å². The third-order valence-electron chi connectivity index (χ3n) is 3.58. The average molecular weight is 289 g/mol. The minimum atomic E-state index is -3.59. The predicted molar refractivity (Wildman–Crippen MR) is 68.7 cm³/mol. The van der Waals surface area contributed by atoms with E-state index < -0.39 is 27.9 Å². The maximum atomic E-state index is 12.3. The number of carbonyl (C=O) groups is 2. The van der Waals surface area contributed by atoms with Gasteiger partial charge in [-0.3, -0.25) is 14.9 Å². The Labute approximate surface area is 112 Å². The van der Waals surface area contributed by atoms with Crippen molar-refractivity contribution in [3.8, 4) is 0 Å². The van der Waals surface area contributed by atoms with Crippen molar-refractivity contribution in [1.29, 1.82) is 0 Å². The van der Waals surface area contributed by atoms with Gasteiger partial charge in [0.2, 0.25) is 21.8 Å². The molecular weight excluding hydrogens is 270 g/mol. The van der Waals surface area contributed by atoms with Crippen molar-refractivity contribution in [2.75, 3.05) is 25.4 Å². The van der Waals surface area contributed by atoms with Gasteiger partial charge in [-0.15, -0.1) is 0 Å². The van der Waals surface area contributed by atoms with E-state index in [4.69, 9.17) is 0 Å². The van der Waals surface area contributed by atoms with Gasteiger partial charge in [-0.05, 0) is 38.8 Å². The first kappa shape index (κ1) is 14.4. The first-order valence-electron chi connectivity index (χ1n) is 6.44. The monoisotopic (exact) mass is 289 g/mol. The van der Waals surface area contributed by atoms with Gasteiger partial charge in [0.25, 0.3) is 0 Å². The van der Waals surface area contributed by atoms with Crippen LogP contribution in [0.2, 0.25) is 0 Å². The molecule has 0 spiro atoms. The Balaban J connectivity index is 2.09. The maximum absolute atomic E-state index is 12.3. The lowest BCUT2D eigenvalue weighted by atomic mass is 10.0. The van der Waals surface area contributed by atoms with Gasteiger partial charge in [-0.1, -0.05) is 0 Å². The van der Waals surface area contributed by atoms with Crippen LogP contribution in [0.25, 0.3) is 0 Å². The molecule has 2 heterocycles. The van der Waals surface area contributed by atoms with Crippen LogP contribution in [0.5, 0.6) is 0 Å². The lowest BCUT2D eigenvalue weighted by Crippen LogP contribution is -2.59. The summed E-state index contributed by atoms with van der Waals surface area (Å²) < 4.78 is 25.7. The summed E-state index contributed by atoms with van der Waals surface area (Å²) in [5.74, 6) is -1.08. The van der Waals surface area contributed by atoms with Crippen LogP contribution in [0.1, 0.15) is 19.8 Å². The van der Waals surface area contributed by atoms with Crippen LogP contribution >= 0.6 is 0 Å². The summed E-state index contributed by atoms with van der Waals surface area (Å²) in [5.41, 5.74) is 0. The number of nitrogens with zero attached hydrogens (tertiary/aromatic N) is 1. The van der Waals surface area contributed by atoms with Crippen molar-refractivity contribution in [1.82, 2.24) is 14.9 Å². The van der Waals surface area contributed by atoms with Gasteiger partial charge < -0.3 is 5.32 Å². The van der Waals surface area contributed by atoms with Gasteiger partial charge in [-0.2, -0.15) is 4.31 Å². The Kier molecular flexibility index (Phi) is 4.22. The summed E-state index contributed by atoms with van der Waals surface area (Å²) >= 11 is 0. The topological polar surface area (TPSA) is 95.6 Å². The summed E-state index contributed by atoms with van der Waals surface area (Å²) in [7, 11) is -3.59. The fraction of sp³-hybridized carbons (Fsp3) is 0.818. The van der Waals surface area contributed by atoms with E-state index in [1.807, 2.05) is 0 Å². The predicted octanol–water partition coefficient (Wildman–Crippen LogP) is -1.34. The van der Waals surface area contributed by atoms with Crippen LogP contribution in [-0.2, 0) is 19.6 Å². The second kappa shape index (κ2) is 5.56. The number of hydrogen-bond acceptors (Lipinski definition) is 5. The molecule has 2 rings (SSSR count). The molecule has 2 atom stereocenters.